The lowest BCUT2D eigenvalue weighted by molar-refractivity contribution is 0.142. The summed E-state index contributed by atoms with van der Waals surface area (Å²) < 4.78 is 10.4. The lowest BCUT2D eigenvalue weighted by atomic mass is 10.0. The van der Waals surface area contributed by atoms with E-state index in [0.29, 0.717) is 5.92 Å². The number of ether oxygens (including phenoxy) is 2. The van der Waals surface area contributed by atoms with Gasteiger partial charge in [-0.15, -0.1) is 0 Å². The predicted octanol–water partition coefficient (Wildman–Crippen LogP) is 2.41. The highest BCUT2D eigenvalue weighted by atomic mass is 16.5. The van der Waals surface area contributed by atoms with Gasteiger partial charge in [0, 0.05) is 6.07 Å². The molecule has 1 saturated carbocycles. The van der Waals surface area contributed by atoms with Crippen molar-refractivity contribution < 1.29 is 14.6 Å². The van der Waals surface area contributed by atoms with Crippen molar-refractivity contribution in [3.63, 3.8) is 0 Å². The van der Waals surface area contributed by atoms with Crippen LogP contribution in [0, 0.1) is 5.92 Å². The van der Waals surface area contributed by atoms with Crippen molar-refractivity contribution in [3.05, 3.63) is 23.8 Å². The third-order valence-corrected chi connectivity index (χ3v) is 3.31. The van der Waals surface area contributed by atoms with Gasteiger partial charge in [-0.3, -0.25) is 0 Å². The van der Waals surface area contributed by atoms with Crippen LogP contribution in [0.5, 0.6) is 11.5 Å². The van der Waals surface area contributed by atoms with Crippen LogP contribution in [0.3, 0.4) is 0 Å². The predicted molar refractivity (Wildman–Crippen MR) is 66.6 cm³/mol. The molecular formula is C14H20O3. The molecule has 1 aliphatic rings. The van der Waals surface area contributed by atoms with Crippen LogP contribution in [0.4, 0.5) is 0 Å². The summed E-state index contributed by atoms with van der Waals surface area (Å²) in [5.41, 5.74) is 1.15. The normalized spacial score (nSPS) is 16.6. The molecule has 0 aliphatic heterocycles. The first kappa shape index (κ1) is 12.2. The Balaban J connectivity index is 1.98. The number of hydrogen-bond donors (Lipinski definition) is 1. The lowest BCUT2D eigenvalue weighted by Crippen LogP contribution is -2.10. The molecule has 0 aromatic heterocycles. The van der Waals surface area contributed by atoms with E-state index >= 15 is 0 Å². The molecule has 1 atom stereocenters. The Morgan fingerprint density at radius 2 is 1.76 bits per heavy atom. The van der Waals surface area contributed by atoms with Gasteiger partial charge in [-0.2, -0.15) is 0 Å². The second-order valence-electron chi connectivity index (χ2n) is 4.66. The van der Waals surface area contributed by atoms with E-state index in [4.69, 9.17) is 9.47 Å². The maximum atomic E-state index is 9.84. The van der Waals surface area contributed by atoms with E-state index in [-0.39, 0.29) is 6.10 Å². The van der Waals surface area contributed by atoms with Gasteiger partial charge >= 0.3 is 0 Å². The van der Waals surface area contributed by atoms with Crippen LogP contribution in [0.2, 0.25) is 0 Å². The topological polar surface area (TPSA) is 38.7 Å². The van der Waals surface area contributed by atoms with Gasteiger partial charge in [0.25, 0.3) is 0 Å². The molecule has 0 amide bonds. The van der Waals surface area contributed by atoms with Crippen molar-refractivity contribution in [1.82, 2.24) is 0 Å². The van der Waals surface area contributed by atoms with Crippen LogP contribution < -0.4 is 9.47 Å². The summed E-state index contributed by atoms with van der Waals surface area (Å²) in [5, 5.41) is 9.84. The summed E-state index contributed by atoms with van der Waals surface area (Å²) in [6.45, 7) is 0. The standard InChI is InChI=1S/C14H20O3/c1-16-12-7-10(8-13(9-12)17-2)3-6-14(15)11-4-5-11/h7-9,11,14-15H,3-6H2,1-2H3. The summed E-state index contributed by atoms with van der Waals surface area (Å²) in [6.07, 6.45) is 3.91. The fourth-order valence-corrected chi connectivity index (χ4v) is 2.04. The van der Waals surface area contributed by atoms with Gasteiger partial charge < -0.3 is 14.6 Å². The van der Waals surface area contributed by atoms with Crippen LogP contribution in [0.15, 0.2) is 18.2 Å². The first-order valence-electron chi connectivity index (χ1n) is 6.13. The minimum Gasteiger partial charge on any atom is -0.497 e. The quantitative estimate of drug-likeness (QED) is 0.824. The maximum absolute atomic E-state index is 9.84. The van der Waals surface area contributed by atoms with Crippen LogP contribution in [0.25, 0.3) is 0 Å². The highest BCUT2D eigenvalue weighted by molar-refractivity contribution is 5.38. The molecule has 0 spiro atoms. The van der Waals surface area contributed by atoms with E-state index in [9.17, 15) is 5.11 Å². The zero-order valence-corrected chi connectivity index (χ0v) is 10.5. The number of aryl methyl sites for hydroxylation is 1. The van der Waals surface area contributed by atoms with Gasteiger partial charge in [0.2, 0.25) is 0 Å². The zero-order chi connectivity index (χ0) is 12.3. The lowest BCUT2D eigenvalue weighted by Gasteiger charge is -2.11. The van der Waals surface area contributed by atoms with E-state index < -0.39 is 0 Å². The smallest absolute Gasteiger partial charge is 0.122 e. The first-order valence-corrected chi connectivity index (χ1v) is 6.13. The Labute approximate surface area is 102 Å². The molecule has 0 bridgehead atoms. The van der Waals surface area contributed by atoms with Crippen molar-refractivity contribution in [3.8, 4) is 11.5 Å². The first-order chi connectivity index (χ1) is 8.22. The molecule has 3 nitrogen and oxygen atoms in total. The van der Waals surface area contributed by atoms with Gasteiger partial charge in [0.1, 0.15) is 11.5 Å². The van der Waals surface area contributed by atoms with Gasteiger partial charge in [-0.05, 0) is 49.3 Å². The molecule has 17 heavy (non-hydrogen) atoms. The highest BCUT2D eigenvalue weighted by Gasteiger charge is 2.29. The molecule has 0 heterocycles. The molecule has 1 aromatic carbocycles. The Hall–Kier alpha value is -1.22. The molecule has 1 aromatic rings. The van der Waals surface area contributed by atoms with Crippen molar-refractivity contribution >= 4 is 0 Å². The maximum Gasteiger partial charge on any atom is 0.122 e. The fourth-order valence-electron chi connectivity index (χ4n) is 2.04. The number of aliphatic hydroxyl groups excluding tert-OH is 1. The SMILES string of the molecule is COc1cc(CCC(O)C2CC2)cc(OC)c1. The van der Waals surface area contributed by atoms with E-state index in [0.717, 1.165) is 29.9 Å². The Morgan fingerprint density at radius 1 is 1.18 bits per heavy atom. The van der Waals surface area contributed by atoms with E-state index in [1.807, 2.05) is 18.2 Å². The van der Waals surface area contributed by atoms with Crippen molar-refractivity contribution in [2.75, 3.05) is 14.2 Å². The van der Waals surface area contributed by atoms with E-state index in [1.165, 1.54) is 12.8 Å². The largest absolute Gasteiger partial charge is 0.497 e. The average Bonchev–Trinajstić information content (AvgIpc) is 3.19. The number of benzene rings is 1. The highest BCUT2D eigenvalue weighted by Crippen LogP contribution is 2.34. The summed E-state index contributed by atoms with van der Waals surface area (Å²) in [7, 11) is 3.30. The third kappa shape index (κ3) is 3.37. The minimum atomic E-state index is -0.146. The molecule has 1 N–H and O–H groups in total. The molecule has 1 aliphatic carbocycles. The third-order valence-electron chi connectivity index (χ3n) is 3.31. The van der Waals surface area contributed by atoms with Crippen molar-refractivity contribution in [2.24, 2.45) is 5.92 Å². The van der Waals surface area contributed by atoms with Crippen molar-refractivity contribution in [1.29, 1.82) is 0 Å². The summed E-state index contributed by atoms with van der Waals surface area (Å²) >= 11 is 0. The Morgan fingerprint density at radius 3 is 2.24 bits per heavy atom. The van der Waals surface area contributed by atoms with E-state index in [1.54, 1.807) is 14.2 Å². The van der Waals surface area contributed by atoms with Gasteiger partial charge in [0.05, 0.1) is 20.3 Å². The number of aliphatic hydroxyl groups is 1. The monoisotopic (exact) mass is 236 g/mol. The van der Waals surface area contributed by atoms with Crippen LogP contribution in [-0.4, -0.2) is 25.4 Å². The van der Waals surface area contributed by atoms with Gasteiger partial charge in [-0.25, -0.2) is 0 Å². The molecule has 3 heteroatoms. The molecule has 2 rings (SSSR count). The zero-order valence-electron chi connectivity index (χ0n) is 10.5. The number of methoxy groups -OCH3 is 2. The molecule has 94 valence electrons. The Kier molecular flexibility index (Phi) is 3.89. The molecule has 0 radical (unpaired) electrons. The molecule has 0 saturated heterocycles. The summed E-state index contributed by atoms with van der Waals surface area (Å²) in [5.74, 6) is 2.16. The molecule has 1 fully saturated rings. The number of rotatable bonds is 6. The average molecular weight is 236 g/mol. The fraction of sp³-hybridized carbons (Fsp3) is 0.571. The molecular weight excluding hydrogens is 216 g/mol. The van der Waals surface area contributed by atoms with Gasteiger partial charge in [0.15, 0.2) is 0 Å². The summed E-state index contributed by atoms with van der Waals surface area (Å²) in [4.78, 5) is 0. The van der Waals surface area contributed by atoms with Gasteiger partial charge in [-0.1, -0.05) is 0 Å². The minimum absolute atomic E-state index is 0.146. The van der Waals surface area contributed by atoms with Crippen LogP contribution >= 0.6 is 0 Å². The summed E-state index contributed by atoms with van der Waals surface area (Å²) in [6, 6.07) is 5.87. The van der Waals surface area contributed by atoms with Crippen LogP contribution in [-0.2, 0) is 6.42 Å². The van der Waals surface area contributed by atoms with Crippen molar-refractivity contribution in [2.45, 2.75) is 31.8 Å². The van der Waals surface area contributed by atoms with E-state index in [2.05, 4.69) is 0 Å². The molecule has 1 unspecified atom stereocenters. The number of hydrogen-bond acceptors (Lipinski definition) is 3. The second kappa shape index (κ2) is 5.41. The van der Waals surface area contributed by atoms with Crippen LogP contribution in [0.1, 0.15) is 24.8 Å². The Bertz CT molecular complexity index is 349. The second-order valence-corrected chi connectivity index (χ2v) is 4.66.